The molecule has 0 aromatic rings. The third-order valence-corrected chi connectivity index (χ3v) is 4.39. The first-order valence-electron chi connectivity index (χ1n) is 7.25. The molecule has 0 radical (unpaired) electrons. The van der Waals surface area contributed by atoms with Crippen molar-refractivity contribution in [3.63, 3.8) is 0 Å². The van der Waals surface area contributed by atoms with E-state index in [2.05, 4.69) is 12.2 Å². The Labute approximate surface area is 116 Å². The lowest BCUT2D eigenvalue weighted by molar-refractivity contribution is -0.135. The van der Waals surface area contributed by atoms with Crippen LogP contribution >= 0.6 is 11.8 Å². The third kappa shape index (κ3) is 5.61. The zero-order valence-electron chi connectivity index (χ0n) is 12.1. The van der Waals surface area contributed by atoms with Crippen molar-refractivity contribution in [1.29, 1.82) is 0 Å². The monoisotopic (exact) mass is 272 g/mol. The van der Waals surface area contributed by atoms with Gasteiger partial charge in [-0.2, -0.15) is 11.8 Å². The molecular formula is C14H28N2OS. The molecule has 0 spiro atoms. The van der Waals surface area contributed by atoms with Gasteiger partial charge in [-0.3, -0.25) is 4.79 Å². The van der Waals surface area contributed by atoms with Crippen LogP contribution in [-0.4, -0.2) is 48.0 Å². The summed E-state index contributed by atoms with van der Waals surface area (Å²) in [5.41, 5.74) is 0. The summed E-state index contributed by atoms with van der Waals surface area (Å²) in [7, 11) is 0. The molecule has 3 nitrogen and oxygen atoms in total. The fraction of sp³-hybridized carbons (Fsp3) is 0.929. The van der Waals surface area contributed by atoms with Crippen LogP contribution in [0.15, 0.2) is 0 Å². The van der Waals surface area contributed by atoms with Gasteiger partial charge in [-0.25, -0.2) is 0 Å². The second kappa shape index (κ2) is 8.81. The Morgan fingerprint density at radius 1 is 1.39 bits per heavy atom. The maximum absolute atomic E-state index is 11.8. The Morgan fingerprint density at radius 3 is 2.61 bits per heavy atom. The maximum Gasteiger partial charge on any atom is 0.225 e. The van der Waals surface area contributed by atoms with Gasteiger partial charge >= 0.3 is 0 Å². The summed E-state index contributed by atoms with van der Waals surface area (Å²) in [6.45, 7) is 9.16. The average Bonchev–Trinajstić information content (AvgIpc) is 2.38. The Hall–Kier alpha value is -0.220. The molecule has 0 aliphatic carbocycles. The van der Waals surface area contributed by atoms with Crippen LogP contribution < -0.4 is 5.32 Å². The zero-order chi connectivity index (χ0) is 13.4. The molecule has 1 aliphatic rings. The van der Waals surface area contributed by atoms with Crippen molar-refractivity contribution >= 4 is 17.7 Å². The van der Waals surface area contributed by atoms with Crippen molar-refractivity contribution in [2.24, 2.45) is 5.92 Å². The number of piperidine rings is 1. The lowest BCUT2D eigenvalue weighted by Crippen LogP contribution is -2.46. The molecule has 0 bridgehead atoms. The van der Waals surface area contributed by atoms with E-state index in [4.69, 9.17) is 0 Å². The summed E-state index contributed by atoms with van der Waals surface area (Å²) in [6, 6.07) is 0.618. The number of amides is 1. The molecule has 106 valence electrons. The minimum Gasteiger partial charge on any atom is -0.342 e. The predicted molar refractivity (Wildman–Crippen MR) is 80.1 cm³/mol. The van der Waals surface area contributed by atoms with Gasteiger partial charge in [0.2, 0.25) is 5.91 Å². The molecule has 0 aromatic carbocycles. The van der Waals surface area contributed by atoms with Crippen molar-refractivity contribution in [2.45, 2.75) is 46.1 Å². The van der Waals surface area contributed by atoms with Crippen LogP contribution in [0.4, 0.5) is 0 Å². The molecule has 18 heavy (non-hydrogen) atoms. The van der Waals surface area contributed by atoms with Crippen molar-refractivity contribution in [3.05, 3.63) is 0 Å². The highest BCUT2D eigenvalue weighted by Crippen LogP contribution is 2.13. The molecule has 1 N–H and O–H groups in total. The number of carbonyl (C=O) groups is 1. The molecule has 1 fully saturated rings. The van der Waals surface area contributed by atoms with Crippen LogP contribution in [0.3, 0.4) is 0 Å². The van der Waals surface area contributed by atoms with Gasteiger partial charge in [0, 0.05) is 25.0 Å². The summed E-state index contributed by atoms with van der Waals surface area (Å²) < 4.78 is 0. The van der Waals surface area contributed by atoms with Gasteiger partial charge in [0.1, 0.15) is 0 Å². The Bertz CT molecular complexity index is 238. The molecule has 1 rings (SSSR count). The van der Waals surface area contributed by atoms with E-state index in [1.807, 2.05) is 30.5 Å². The molecule has 1 heterocycles. The molecular weight excluding hydrogens is 244 g/mol. The third-order valence-electron chi connectivity index (χ3n) is 3.40. The van der Waals surface area contributed by atoms with E-state index in [1.54, 1.807) is 0 Å². The van der Waals surface area contributed by atoms with Crippen LogP contribution in [0.5, 0.6) is 0 Å². The number of nitrogens with zero attached hydrogens (tertiary/aromatic N) is 1. The van der Waals surface area contributed by atoms with E-state index >= 15 is 0 Å². The maximum atomic E-state index is 11.8. The van der Waals surface area contributed by atoms with Crippen LogP contribution in [0.25, 0.3) is 0 Å². The molecule has 0 unspecified atom stereocenters. The van der Waals surface area contributed by atoms with E-state index in [1.165, 1.54) is 17.9 Å². The van der Waals surface area contributed by atoms with Gasteiger partial charge in [0.25, 0.3) is 0 Å². The first-order valence-corrected chi connectivity index (χ1v) is 8.40. The van der Waals surface area contributed by atoms with E-state index in [0.717, 1.165) is 32.5 Å². The van der Waals surface area contributed by atoms with Crippen LogP contribution in [-0.2, 0) is 4.79 Å². The molecule has 0 aromatic heterocycles. The van der Waals surface area contributed by atoms with E-state index in [9.17, 15) is 4.79 Å². The molecule has 0 saturated carbocycles. The summed E-state index contributed by atoms with van der Waals surface area (Å²) in [5.74, 6) is 2.93. The van der Waals surface area contributed by atoms with Crippen molar-refractivity contribution in [2.75, 3.05) is 31.1 Å². The van der Waals surface area contributed by atoms with Crippen LogP contribution in [0.1, 0.15) is 40.0 Å². The minimum absolute atomic E-state index is 0.139. The van der Waals surface area contributed by atoms with Gasteiger partial charge in [0.15, 0.2) is 0 Å². The standard InChI is InChI=1S/C14H28N2OS/c1-4-18-11-5-8-15-13-6-9-16(10-7-13)14(17)12(2)3/h12-13,15H,4-11H2,1-3H3. The summed E-state index contributed by atoms with van der Waals surface area (Å²) in [5, 5.41) is 3.62. The van der Waals surface area contributed by atoms with Crippen molar-refractivity contribution in [1.82, 2.24) is 10.2 Å². The average molecular weight is 272 g/mol. The van der Waals surface area contributed by atoms with Gasteiger partial charge in [-0.1, -0.05) is 20.8 Å². The highest BCUT2D eigenvalue weighted by molar-refractivity contribution is 7.99. The van der Waals surface area contributed by atoms with E-state index in [-0.39, 0.29) is 5.92 Å². The first kappa shape index (κ1) is 15.8. The number of hydrogen-bond acceptors (Lipinski definition) is 3. The Morgan fingerprint density at radius 2 is 2.06 bits per heavy atom. The van der Waals surface area contributed by atoms with Crippen LogP contribution in [0.2, 0.25) is 0 Å². The molecule has 1 amide bonds. The minimum atomic E-state index is 0.139. The van der Waals surface area contributed by atoms with Gasteiger partial charge < -0.3 is 10.2 Å². The highest BCUT2D eigenvalue weighted by atomic mass is 32.2. The predicted octanol–water partition coefficient (Wildman–Crippen LogP) is 2.37. The van der Waals surface area contributed by atoms with E-state index < -0.39 is 0 Å². The van der Waals surface area contributed by atoms with Crippen molar-refractivity contribution in [3.8, 4) is 0 Å². The first-order chi connectivity index (χ1) is 8.65. The Kier molecular flexibility index (Phi) is 7.75. The zero-order valence-corrected chi connectivity index (χ0v) is 12.9. The summed E-state index contributed by atoms with van der Waals surface area (Å²) >= 11 is 2.01. The van der Waals surface area contributed by atoms with Gasteiger partial charge in [-0.05, 0) is 37.3 Å². The summed E-state index contributed by atoms with van der Waals surface area (Å²) in [6.07, 6.45) is 3.47. The topological polar surface area (TPSA) is 32.3 Å². The highest BCUT2D eigenvalue weighted by Gasteiger charge is 2.23. The number of likely N-dealkylation sites (tertiary alicyclic amines) is 1. The van der Waals surface area contributed by atoms with Gasteiger partial charge in [0.05, 0.1) is 0 Å². The Balaban J connectivity index is 2.10. The number of carbonyl (C=O) groups excluding carboxylic acids is 1. The second-order valence-corrected chi connectivity index (χ2v) is 6.65. The van der Waals surface area contributed by atoms with Crippen LogP contribution in [0, 0.1) is 5.92 Å². The number of nitrogens with one attached hydrogen (secondary N) is 1. The lowest BCUT2D eigenvalue weighted by Gasteiger charge is -2.33. The largest absolute Gasteiger partial charge is 0.342 e. The number of thioether (sulfide) groups is 1. The molecule has 1 saturated heterocycles. The summed E-state index contributed by atoms with van der Waals surface area (Å²) in [4.78, 5) is 13.9. The second-order valence-electron chi connectivity index (χ2n) is 5.26. The fourth-order valence-electron chi connectivity index (χ4n) is 2.29. The molecule has 0 atom stereocenters. The SMILES string of the molecule is CCSCCCNC1CCN(C(=O)C(C)C)CC1. The quantitative estimate of drug-likeness (QED) is 0.722. The van der Waals surface area contributed by atoms with Crippen molar-refractivity contribution < 1.29 is 4.79 Å². The number of rotatable bonds is 7. The number of hydrogen-bond donors (Lipinski definition) is 1. The smallest absolute Gasteiger partial charge is 0.225 e. The normalized spacial score (nSPS) is 17.4. The molecule has 1 aliphatic heterocycles. The molecule has 4 heteroatoms. The van der Waals surface area contributed by atoms with Gasteiger partial charge in [-0.15, -0.1) is 0 Å². The fourth-order valence-corrected chi connectivity index (χ4v) is 2.93. The lowest BCUT2D eigenvalue weighted by atomic mass is 10.0. The van der Waals surface area contributed by atoms with E-state index in [0.29, 0.717) is 11.9 Å².